The van der Waals surface area contributed by atoms with Gasteiger partial charge >= 0.3 is 5.97 Å². The van der Waals surface area contributed by atoms with Crippen molar-refractivity contribution in [2.75, 3.05) is 27.9 Å². The number of hydrogen-bond donors (Lipinski definition) is 1. The highest BCUT2D eigenvalue weighted by Gasteiger charge is 2.23. The molecule has 0 spiro atoms. The van der Waals surface area contributed by atoms with Crippen LogP contribution in [0, 0.1) is 0 Å². The lowest BCUT2D eigenvalue weighted by Crippen LogP contribution is -2.35. The van der Waals surface area contributed by atoms with Crippen LogP contribution in [0.5, 0.6) is 11.5 Å². The molecule has 0 aliphatic rings. The molecule has 1 aromatic heterocycles. The molecule has 0 radical (unpaired) electrons. The van der Waals surface area contributed by atoms with Gasteiger partial charge in [0, 0.05) is 25.8 Å². The van der Waals surface area contributed by atoms with Crippen LogP contribution in [-0.2, 0) is 22.7 Å². The monoisotopic (exact) mass is 364 g/mol. The molecule has 0 bridgehead atoms. The Bertz CT molecular complexity index is 750. The van der Waals surface area contributed by atoms with Gasteiger partial charge in [-0.05, 0) is 17.7 Å². The first-order chi connectivity index (χ1) is 12.5. The van der Waals surface area contributed by atoms with E-state index in [-0.39, 0.29) is 18.8 Å². The molecule has 2 aromatic rings. The zero-order valence-corrected chi connectivity index (χ0v) is 14.7. The third-order valence-electron chi connectivity index (χ3n) is 3.46. The number of hydrogen-bond acceptors (Lipinski definition) is 7. The van der Waals surface area contributed by atoms with Crippen molar-refractivity contribution in [3.8, 4) is 11.5 Å². The lowest BCUT2D eigenvalue weighted by atomic mass is 10.1. The molecule has 0 saturated heterocycles. The molecule has 1 amide bonds. The molecular formula is C17H20N2O7. The molecule has 0 aliphatic heterocycles. The first-order valence-electron chi connectivity index (χ1n) is 7.64. The molecule has 1 N–H and O–H groups in total. The van der Waals surface area contributed by atoms with E-state index in [9.17, 15) is 9.59 Å². The summed E-state index contributed by atoms with van der Waals surface area (Å²) >= 11 is 0. The summed E-state index contributed by atoms with van der Waals surface area (Å²) in [5.74, 6) is -0.278. The summed E-state index contributed by atoms with van der Waals surface area (Å²) in [7, 11) is 4.49. The second-order valence-electron chi connectivity index (χ2n) is 5.39. The molecule has 26 heavy (non-hydrogen) atoms. The average molecular weight is 364 g/mol. The average Bonchev–Trinajstić information content (AvgIpc) is 3.08. The topological polar surface area (TPSA) is 111 Å². The highest BCUT2D eigenvalue weighted by atomic mass is 16.5. The number of aromatic nitrogens is 1. The van der Waals surface area contributed by atoms with Crippen LogP contribution >= 0.6 is 0 Å². The summed E-state index contributed by atoms with van der Waals surface area (Å²) in [4.78, 5) is 25.0. The van der Waals surface area contributed by atoms with E-state index < -0.39 is 18.4 Å². The zero-order chi connectivity index (χ0) is 19.1. The molecule has 140 valence electrons. The van der Waals surface area contributed by atoms with Crippen LogP contribution < -0.4 is 9.47 Å². The minimum absolute atomic E-state index is 0.00756. The minimum atomic E-state index is -1.14. The third kappa shape index (κ3) is 4.96. The Hall–Kier alpha value is -3.07. The SMILES string of the molecule is COCc1cc(C(=O)N(CC(=O)O)Cc2cc(OC)cc(OC)c2)no1. The number of carboxylic acids is 1. The van der Waals surface area contributed by atoms with Crippen LogP contribution in [0.25, 0.3) is 0 Å². The molecule has 1 heterocycles. The maximum atomic E-state index is 12.6. The van der Waals surface area contributed by atoms with E-state index in [2.05, 4.69) is 5.16 Å². The van der Waals surface area contributed by atoms with Gasteiger partial charge in [-0.25, -0.2) is 0 Å². The number of benzene rings is 1. The number of methoxy groups -OCH3 is 3. The van der Waals surface area contributed by atoms with E-state index in [0.29, 0.717) is 22.8 Å². The smallest absolute Gasteiger partial charge is 0.323 e. The molecule has 9 heteroatoms. The van der Waals surface area contributed by atoms with Crippen molar-refractivity contribution in [2.45, 2.75) is 13.2 Å². The van der Waals surface area contributed by atoms with Crippen molar-refractivity contribution in [1.29, 1.82) is 0 Å². The minimum Gasteiger partial charge on any atom is -0.497 e. The van der Waals surface area contributed by atoms with E-state index in [1.807, 2.05) is 0 Å². The van der Waals surface area contributed by atoms with Crippen LogP contribution in [0.2, 0.25) is 0 Å². The summed E-state index contributed by atoms with van der Waals surface area (Å²) in [6.07, 6.45) is 0. The van der Waals surface area contributed by atoms with E-state index in [1.54, 1.807) is 18.2 Å². The summed E-state index contributed by atoms with van der Waals surface area (Å²) < 4.78 is 20.3. The Morgan fingerprint density at radius 1 is 1.12 bits per heavy atom. The molecule has 9 nitrogen and oxygen atoms in total. The van der Waals surface area contributed by atoms with Gasteiger partial charge in [0.05, 0.1) is 14.2 Å². The second-order valence-corrected chi connectivity index (χ2v) is 5.39. The summed E-state index contributed by atoms with van der Waals surface area (Å²) in [5, 5.41) is 12.8. The van der Waals surface area contributed by atoms with Crippen molar-refractivity contribution >= 4 is 11.9 Å². The standard InChI is InChI=1S/C17H20N2O7/c1-23-10-14-7-15(18-26-14)17(22)19(9-16(20)21)8-11-4-12(24-2)6-13(5-11)25-3/h4-7H,8-10H2,1-3H3,(H,20,21). The molecule has 0 atom stereocenters. The predicted molar refractivity (Wildman–Crippen MR) is 89.1 cm³/mol. The highest BCUT2D eigenvalue weighted by Crippen LogP contribution is 2.24. The number of rotatable bonds is 9. The van der Waals surface area contributed by atoms with Crippen molar-refractivity contribution in [3.05, 3.63) is 41.3 Å². The first-order valence-corrected chi connectivity index (χ1v) is 7.64. The quantitative estimate of drug-likeness (QED) is 0.714. The number of ether oxygens (including phenoxy) is 3. The molecule has 0 aliphatic carbocycles. The van der Waals surface area contributed by atoms with Crippen LogP contribution in [-0.4, -0.2) is 54.9 Å². The van der Waals surface area contributed by atoms with Gasteiger partial charge in [-0.15, -0.1) is 0 Å². The Morgan fingerprint density at radius 3 is 2.31 bits per heavy atom. The molecular weight excluding hydrogens is 344 g/mol. The maximum absolute atomic E-state index is 12.6. The van der Waals surface area contributed by atoms with Gasteiger partial charge in [0.15, 0.2) is 11.5 Å². The molecule has 0 saturated carbocycles. The van der Waals surface area contributed by atoms with E-state index >= 15 is 0 Å². The van der Waals surface area contributed by atoms with Crippen molar-refractivity contribution in [1.82, 2.24) is 10.1 Å². The Labute approximate surface area is 150 Å². The van der Waals surface area contributed by atoms with E-state index in [0.717, 1.165) is 4.90 Å². The lowest BCUT2D eigenvalue weighted by Gasteiger charge is -2.20. The van der Waals surface area contributed by atoms with Crippen LogP contribution in [0.4, 0.5) is 0 Å². The van der Waals surface area contributed by atoms with Crippen LogP contribution in [0.3, 0.4) is 0 Å². The fourth-order valence-electron chi connectivity index (χ4n) is 2.33. The maximum Gasteiger partial charge on any atom is 0.323 e. The van der Waals surface area contributed by atoms with E-state index in [4.69, 9.17) is 23.8 Å². The number of nitrogens with zero attached hydrogens (tertiary/aromatic N) is 2. The van der Waals surface area contributed by atoms with Gasteiger partial charge in [-0.3, -0.25) is 9.59 Å². The number of aliphatic carboxylic acids is 1. The van der Waals surface area contributed by atoms with Gasteiger partial charge in [0.25, 0.3) is 5.91 Å². The van der Waals surface area contributed by atoms with Crippen LogP contribution in [0.1, 0.15) is 21.8 Å². The molecule has 0 fully saturated rings. The summed E-state index contributed by atoms with van der Waals surface area (Å²) in [5.41, 5.74) is 0.657. The first kappa shape index (κ1) is 19.3. The lowest BCUT2D eigenvalue weighted by molar-refractivity contribution is -0.137. The molecule has 0 unspecified atom stereocenters. The summed E-state index contributed by atoms with van der Waals surface area (Å²) in [6, 6.07) is 6.50. The van der Waals surface area contributed by atoms with Gasteiger partial charge < -0.3 is 28.7 Å². The van der Waals surface area contributed by atoms with Crippen molar-refractivity contribution in [2.24, 2.45) is 0 Å². The fourth-order valence-corrected chi connectivity index (χ4v) is 2.33. The normalized spacial score (nSPS) is 10.4. The third-order valence-corrected chi connectivity index (χ3v) is 3.46. The predicted octanol–water partition coefficient (Wildman–Crippen LogP) is 1.57. The number of carboxylic acid groups (broad SMARTS) is 1. The molecule has 1 aromatic carbocycles. The van der Waals surface area contributed by atoms with Crippen LogP contribution in [0.15, 0.2) is 28.8 Å². The Balaban J connectivity index is 2.26. The zero-order valence-electron chi connectivity index (χ0n) is 14.7. The second kappa shape index (κ2) is 8.86. The molecule has 2 rings (SSSR count). The van der Waals surface area contributed by atoms with Gasteiger partial charge in [-0.1, -0.05) is 5.16 Å². The van der Waals surface area contributed by atoms with Gasteiger partial charge in [0.2, 0.25) is 0 Å². The summed E-state index contributed by atoms with van der Waals surface area (Å²) in [6.45, 7) is -0.303. The van der Waals surface area contributed by atoms with E-state index in [1.165, 1.54) is 27.4 Å². The Morgan fingerprint density at radius 2 is 1.77 bits per heavy atom. The number of carbonyl (C=O) groups is 2. The largest absolute Gasteiger partial charge is 0.497 e. The van der Waals surface area contributed by atoms with Crippen molar-refractivity contribution in [3.63, 3.8) is 0 Å². The van der Waals surface area contributed by atoms with Gasteiger partial charge in [-0.2, -0.15) is 0 Å². The highest BCUT2D eigenvalue weighted by molar-refractivity contribution is 5.94. The van der Waals surface area contributed by atoms with Gasteiger partial charge in [0.1, 0.15) is 24.7 Å². The van der Waals surface area contributed by atoms with Crippen molar-refractivity contribution < 1.29 is 33.4 Å². The number of amides is 1. The Kier molecular flexibility index (Phi) is 6.56. The number of carbonyl (C=O) groups excluding carboxylic acids is 1. The fraction of sp³-hybridized carbons (Fsp3) is 0.353.